The topological polar surface area (TPSA) is 125 Å². The number of rotatable bonds is 9. The van der Waals surface area contributed by atoms with E-state index in [-0.39, 0.29) is 23.9 Å². The maximum absolute atomic E-state index is 13.5. The van der Waals surface area contributed by atoms with Crippen molar-refractivity contribution in [1.29, 1.82) is 0 Å². The van der Waals surface area contributed by atoms with Gasteiger partial charge in [0.05, 0.1) is 17.1 Å². The van der Waals surface area contributed by atoms with Crippen molar-refractivity contribution in [3.05, 3.63) is 42.1 Å². The second kappa shape index (κ2) is 13.4. The Labute approximate surface area is 219 Å². The van der Waals surface area contributed by atoms with Gasteiger partial charge in [0.15, 0.2) is 5.96 Å². The molecule has 4 rings (SSSR count). The van der Waals surface area contributed by atoms with Crippen LogP contribution in [0.5, 0.6) is 0 Å². The molecule has 1 aliphatic heterocycles. The fourth-order valence-electron chi connectivity index (χ4n) is 5.43. The number of para-hydroxylation sites is 1. The molecule has 2 amide bonds. The van der Waals surface area contributed by atoms with Gasteiger partial charge in [-0.1, -0.05) is 37.5 Å². The summed E-state index contributed by atoms with van der Waals surface area (Å²) in [5, 5.41) is 10.6. The zero-order valence-corrected chi connectivity index (χ0v) is 21.9. The largest absolute Gasteiger partial charge is 0.370 e. The lowest BCUT2D eigenvalue weighted by Crippen LogP contribution is -2.49. The van der Waals surface area contributed by atoms with Gasteiger partial charge in [0, 0.05) is 50.9 Å². The molecule has 0 bridgehead atoms. The molecular formula is C28H41N7O2. The van der Waals surface area contributed by atoms with Crippen molar-refractivity contribution >= 4 is 28.7 Å². The molecule has 2 aromatic rings. The zero-order chi connectivity index (χ0) is 26.0. The SMILES string of the molecule is CN=C(N)NCCCC1NC(CNC(=O)c2cnc3ccccc3c2)CCN(CC2CCCCC2)C1=O. The Morgan fingerprint density at radius 1 is 1.19 bits per heavy atom. The molecule has 2 unspecified atom stereocenters. The van der Waals surface area contributed by atoms with Gasteiger partial charge in [-0.15, -0.1) is 0 Å². The van der Waals surface area contributed by atoms with E-state index in [1.165, 1.54) is 32.1 Å². The monoisotopic (exact) mass is 507 g/mol. The van der Waals surface area contributed by atoms with E-state index in [1.807, 2.05) is 30.3 Å². The van der Waals surface area contributed by atoms with Gasteiger partial charge >= 0.3 is 0 Å². The van der Waals surface area contributed by atoms with Crippen molar-refractivity contribution < 1.29 is 9.59 Å². The number of pyridine rings is 1. The minimum absolute atomic E-state index is 0.0119. The smallest absolute Gasteiger partial charge is 0.252 e. The average Bonchev–Trinajstić information content (AvgIpc) is 3.08. The number of benzene rings is 1. The molecule has 2 heterocycles. The summed E-state index contributed by atoms with van der Waals surface area (Å²) in [7, 11) is 1.65. The Hall–Kier alpha value is -3.20. The number of nitrogens with zero attached hydrogens (tertiary/aromatic N) is 3. The number of aliphatic imine (C=N–C) groups is 1. The Morgan fingerprint density at radius 2 is 2.00 bits per heavy atom. The van der Waals surface area contributed by atoms with Crippen LogP contribution in [0.25, 0.3) is 10.9 Å². The van der Waals surface area contributed by atoms with Crippen LogP contribution in [-0.2, 0) is 4.79 Å². The third-order valence-corrected chi connectivity index (χ3v) is 7.58. The van der Waals surface area contributed by atoms with Gasteiger partial charge in [-0.3, -0.25) is 19.6 Å². The molecule has 0 spiro atoms. The molecule has 5 N–H and O–H groups in total. The first-order valence-electron chi connectivity index (χ1n) is 13.7. The summed E-state index contributed by atoms with van der Waals surface area (Å²) in [4.78, 5) is 36.8. The van der Waals surface area contributed by atoms with E-state index in [0.29, 0.717) is 43.5 Å². The molecular weight excluding hydrogens is 466 g/mol. The number of aromatic nitrogens is 1. The highest BCUT2D eigenvalue weighted by atomic mass is 16.2. The second-order valence-electron chi connectivity index (χ2n) is 10.3. The number of nitrogens with one attached hydrogen (secondary N) is 3. The molecule has 200 valence electrons. The first-order chi connectivity index (χ1) is 18.0. The molecule has 1 aromatic carbocycles. The number of hydrogen-bond acceptors (Lipinski definition) is 5. The van der Waals surface area contributed by atoms with Crippen LogP contribution in [0.4, 0.5) is 0 Å². The summed E-state index contributed by atoms with van der Waals surface area (Å²) in [6.07, 6.45) is 10.2. The lowest BCUT2D eigenvalue weighted by molar-refractivity contribution is -0.133. The highest BCUT2D eigenvalue weighted by Gasteiger charge is 2.32. The van der Waals surface area contributed by atoms with E-state index in [2.05, 4.69) is 30.8 Å². The molecule has 9 heteroatoms. The predicted octanol–water partition coefficient (Wildman–Crippen LogP) is 2.42. The first-order valence-corrected chi connectivity index (χ1v) is 13.7. The quantitative estimate of drug-likeness (QED) is 0.235. The van der Waals surface area contributed by atoms with Gasteiger partial charge in [0.2, 0.25) is 5.91 Å². The van der Waals surface area contributed by atoms with Crippen molar-refractivity contribution in [2.75, 3.05) is 33.2 Å². The third kappa shape index (κ3) is 7.64. The Balaban J connectivity index is 1.37. The van der Waals surface area contributed by atoms with Crippen molar-refractivity contribution in [2.24, 2.45) is 16.6 Å². The normalized spacial score (nSPS) is 21.6. The third-order valence-electron chi connectivity index (χ3n) is 7.58. The molecule has 9 nitrogen and oxygen atoms in total. The summed E-state index contributed by atoms with van der Waals surface area (Å²) in [5.74, 6) is 1.03. The molecule has 37 heavy (non-hydrogen) atoms. The van der Waals surface area contributed by atoms with Crippen molar-refractivity contribution in [1.82, 2.24) is 25.8 Å². The van der Waals surface area contributed by atoms with E-state index in [4.69, 9.17) is 5.73 Å². The molecule has 1 saturated carbocycles. The number of carbonyl (C=O) groups excluding carboxylic acids is 2. The van der Waals surface area contributed by atoms with E-state index in [9.17, 15) is 9.59 Å². The van der Waals surface area contributed by atoms with Gasteiger partial charge < -0.3 is 26.6 Å². The van der Waals surface area contributed by atoms with E-state index in [1.54, 1.807) is 13.2 Å². The van der Waals surface area contributed by atoms with E-state index >= 15 is 0 Å². The summed E-state index contributed by atoms with van der Waals surface area (Å²) in [5.41, 5.74) is 7.15. The van der Waals surface area contributed by atoms with Crippen LogP contribution in [0, 0.1) is 5.92 Å². The summed E-state index contributed by atoms with van der Waals surface area (Å²) >= 11 is 0. The van der Waals surface area contributed by atoms with Crippen LogP contribution in [-0.4, -0.2) is 73.0 Å². The van der Waals surface area contributed by atoms with Gasteiger partial charge in [-0.2, -0.15) is 0 Å². The molecule has 1 aromatic heterocycles. The van der Waals surface area contributed by atoms with Gasteiger partial charge in [-0.05, 0) is 50.2 Å². The van der Waals surface area contributed by atoms with Crippen LogP contribution in [0.3, 0.4) is 0 Å². The number of amides is 2. The van der Waals surface area contributed by atoms with Crippen LogP contribution in [0.15, 0.2) is 41.5 Å². The summed E-state index contributed by atoms with van der Waals surface area (Å²) < 4.78 is 0. The fraction of sp³-hybridized carbons (Fsp3) is 0.571. The number of fused-ring (bicyclic) bond motifs is 1. The minimum atomic E-state index is -0.281. The number of carbonyl (C=O) groups is 2. The zero-order valence-electron chi connectivity index (χ0n) is 21.9. The average molecular weight is 508 g/mol. The highest BCUT2D eigenvalue weighted by molar-refractivity contribution is 5.97. The van der Waals surface area contributed by atoms with Crippen LogP contribution < -0.4 is 21.7 Å². The molecule has 0 radical (unpaired) electrons. The minimum Gasteiger partial charge on any atom is -0.370 e. The van der Waals surface area contributed by atoms with Gasteiger partial charge in [-0.25, -0.2) is 0 Å². The number of hydrogen-bond donors (Lipinski definition) is 4. The maximum Gasteiger partial charge on any atom is 0.252 e. The lowest BCUT2D eigenvalue weighted by Gasteiger charge is -2.30. The second-order valence-corrected chi connectivity index (χ2v) is 10.3. The fourth-order valence-corrected chi connectivity index (χ4v) is 5.43. The first kappa shape index (κ1) is 26.9. The molecule has 1 aliphatic carbocycles. The summed E-state index contributed by atoms with van der Waals surface area (Å²) in [6.45, 7) is 2.67. The van der Waals surface area contributed by atoms with Crippen LogP contribution >= 0.6 is 0 Å². The lowest BCUT2D eigenvalue weighted by atomic mass is 9.89. The van der Waals surface area contributed by atoms with Crippen molar-refractivity contribution in [3.8, 4) is 0 Å². The molecule has 2 aliphatic rings. The van der Waals surface area contributed by atoms with E-state index in [0.717, 1.165) is 30.3 Å². The number of guanidine groups is 1. The van der Waals surface area contributed by atoms with Crippen LogP contribution in [0.2, 0.25) is 0 Å². The van der Waals surface area contributed by atoms with Gasteiger partial charge in [0.25, 0.3) is 5.91 Å². The van der Waals surface area contributed by atoms with Crippen LogP contribution in [0.1, 0.15) is 61.7 Å². The van der Waals surface area contributed by atoms with Gasteiger partial charge in [0.1, 0.15) is 0 Å². The van der Waals surface area contributed by atoms with Crippen molar-refractivity contribution in [3.63, 3.8) is 0 Å². The standard InChI is InChI=1S/C28H41N7O2/c1-30-28(29)31-14-7-12-25-27(37)35(19-20-8-3-2-4-9-20)15-13-23(34-25)18-33-26(36)22-16-21-10-5-6-11-24(21)32-17-22/h5-6,10-11,16-17,20,23,25,34H,2-4,7-9,12-15,18-19H2,1H3,(H,33,36)(H3,29,30,31). The molecule has 2 atom stereocenters. The predicted molar refractivity (Wildman–Crippen MR) is 147 cm³/mol. The van der Waals surface area contributed by atoms with Crippen molar-refractivity contribution in [2.45, 2.75) is 63.5 Å². The highest BCUT2D eigenvalue weighted by Crippen LogP contribution is 2.25. The summed E-state index contributed by atoms with van der Waals surface area (Å²) in [6, 6.07) is 9.37. The Kier molecular flexibility index (Phi) is 9.71. The Morgan fingerprint density at radius 3 is 2.81 bits per heavy atom. The molecule has 1 saturated heterocycles. The van der Waals surface area contributed by atoms with E-state index < -0.39 is 0 Å². The Bertz CT molecular complexity index is 1080. The molecule has 2 fully saturated rings. The number of nitrogens with two attached hydrogens (primary N) is 1. The maximum atomic E-state index is 13.5.